The Morgan fingerprint density at radius 2 is 2.00 bits per heavy atom. The van der Waals surface area contributed by atoms with Gasteiger partial charge >= 0.3 is 0 Å². The number of aryl methyl sites for hydroxylation is 1. The van der Waals surface area contributed by atoms with E-state index in [2.05, 4.69) is 57.3 Å². The van der Waals surface area contributed by atoms with Gasteiger partial charge in [-0.1, -0.05) is 19.1 Å². The quantitative estimate of drug-likeness (QED) is 0.352. The third-order valence-electron chi connectivity index (χ3n) is 7.86. The second-order valence-corrected chi connectivity index (χ2v) is 11.6. The topological polar surface area (TPSA) is 89.5 Å². The van der Waals surface area contributed by atoms with Gasteiger partial charge in [-0.05, 0) is 62.4 Å². The Morgan fingerprint density at radius 1 is 1.18 bits per heavy atom. The monoisotopic (exact) mass is 530 g/mol. The maximum atomic E-state index is 13.3. The summed E-state index contributed by atoms with van der Waals surface area (Å²) in [4.78, 5) is 27.6. The SMILES string of the molecule is C=C(CN1CCCCC1)C(=O)N1CC[C@H](n2cc(-c3cc4cc(C)cc(OC)c4s3)c3c(N)ncnc32)C1. The summed E-state index contributed by atoms with van der Waals surface area (Å²) in [5, 5.41) is 2.00. The van der Waals surface area contributed by atoms with Gasteiger partial charge in [0.25, 0.3) is 5.91 Å². The lowest BCUT2D eigenvalue weighted by atomic mass is 10.1. The molecule has 2 fully saturated rings. The number of ether oxygens (including phenoxy) is 1. The number of nitrogen functional groups attached to an aromatic ring is 1. The van der Waals surface area contributed by atoms with Crippen molar-refractivity contribution < 1.29 is 9.53 Å². The van der Waals surface area contributed by atoms with E-state index in [0.717, 1.165) is 62.4 Å². The molecule has 2 saturated heterocycles. The number of hydrogen-bond acceptors (Lipinski definition) is 7. The van der Waals surface area contributed by atoms with E-state index in [-0.39, 0.29) is 11.9 Å². The molecule has 0 radical (unpaired) electrons. The first-order valence-corrected chi connectivity index (χ1v) is 14.1. The summed E-state index contributed by atoms with van der Waals surface area (Å²) in [6.07, 6.45) is 8.20. The molecule has 6 rings (SSSR count). The van der Waals surface area contributed by atoms with Gasteiger partial charge in [0.1, 0.15) is 23.5 Å². The van der Waals surface area contributed by atoms with E-state index in [1.54, 1.807) is 18.4 Å². The van der Waals surface area contributed by atoms with Crippen LogP contribution in [0.4, 0.5) is 5.82 Å². The smallest absolute Gasteiger partial charge is 0.250 e. The van der Waals surface area contributed by atoms with Crippen molar-refractivity contribution in [2.75, 3.05) is 45.6 Å². The van der Waals surface area contributed by atoms with Crippen LogP contribution in [-0.2, 0) is 4.79 Å². The number of nitrogens with two attached hydrogens (primary N) is 1. The van der Waals surface area contributed by atoms with Crippen molar-refractivity contribution >= 4 is 44.2 Å². The average Bonchev–Trinajstić information content (AvgIpc) is 3.65. The first kappa shape index (κ1) is 24.9. The minimum atomic E-state index is 0.0656. The third kappa shape index (κ3) is 4.43. The van der Waals surface area contributed by atoms with Crippen molar-refractivity contribution in [1.29, 1.82) is 0 Å². The number of piperidine rings is 1. The van der Waals surface area contributed by atoms with E-state index in [9.17, 15) is 4.79 Å². The maximum Gasteiger partial charge on any atom is 0.250 e. The fourth-order valence-corrected chi connectivity index (χ4v) is 7.10. The Morgan fingerprint density at radius 3 is 2.79 bits per heavy atom. The highest BCUT2D eigenvalue weighted by Gasteiger charge is 2.31. The number of carbonyl (C=O) groups excluding carboxylic acids is 1. The molecule has 2 aliphatic heterocycles. The van der Waals surface area contributed by atoms with Crippen LogP contribution in [0.25, 0.3) is 31.6 Å². The number of benzene rings is 1. The summed E-state index contributed by atoms with van der Waals surface area (Å²) in [6, 6.07) is 6.54. The molecular weight excluding hydrogens is 496 g/mol. The molecule has 1 atom stereocenters. The van der Waals surface area contributed by atoms with Crippen molar-refractivity contribution in [3.63, 3.8) is 0 Å². The van der Waals surface area contributed by atoms with E-state index in [1.165, 1.54) is 25.6 Å². The van der Waals surface area contributed by atoms with Crippen LogP contribution in [0.5, 0.6) is 5.75 Å². The molecule has 1 aromatic carbocycles. The Kier molecular flexibility index (Phi) is 6.57. The lowest BCUT2D eigenvalue weighted by Gasteiger charge is -2.28. The number of fused-ring (bicyclic) bond motifs is 2. The van der Waals surface area contributed by atoms with Crippen LogP contribution in [0.3, 0.4) is 0 Å². The molecule has 38 heavy (non-hydrogen) atoms. The third-order valence-corrected chi connectivity index (χ3v) is 9.06. The lowest BCUT2D eigenvalue weighted by Crippen LogP contribution is -2.37. The second-order valence-electron chi connectivity index (χ2n) is 10.5. The number of anilines is 1. The Balaban J connectivity index is 1.30. The maximum absolute atomic E-state index is 13.3. The molecule has 9 heteroatoms. The zero-order chi connectivity index (χ0) is 26.4. The molecule has 2 aliphatic rings. The highest BCUT2D eigenvalue weighted by atomic mass is 32.1. The van der Waals surface area contributed by atoms with Gasteiger partial charge in [0.15, 0.2) is 0 Å². The second kappa shape index (κ2) is 10.0. The molecule has 1 amide bonds. The summed E-state index contributed by atoms with van der Waals surface area (Å²) < 4.78 is 8.96. The van der Waals surface area contributed by atoms with Gasteiger partial charge in [0.05, 0.1) is 23.2 Å². The Hall–Kier alpha value is -3.43. The molecule has 0 spiro atoms. The summed E-state index contributed by atoms with van der Waals surface area (Å²) in [5.74, 6) is 1.40. The minimum absolute atomic E-state index is 0.0656. The van der Waals surface area contributed by atoms with Gasteiger partial charge in [-0.25, -0.2) is 9.97 Å². The zero-order valence-corrected chi connectivity index (χ0v) is 22.9. The van der Waals surface area contributed by atoms with Gasteiger partial charge in [-0.2, -0.15) is 0 Å². The van der Waals surface area contributed by atoms with E-state index in [4.69, 9.17) is 10.5 Å². The number of aromatic nitrogens is 3. The molecule has 8 nitrogen and oxygen atoms in total. The largest absolute Gasteiger partial charge is 0.495 e. The number of hydrogen-bond donors (Lipinski definition) is 1. The molecule has 5 heterocycles. The Bertz CT molecular complexity index is 1530. The predicted molar refractivity (Wildman–Crippen MR) is 154 cm³/mol. The number of thiophene rings is 1. The van der Waals surface area contributed by atoms with Gasteiger partial charge in [0, 0.05) is 41.8 Å². The van der Waals surface area contributed by atoms with Crippen LogP contribution >= 0.6 is 11.3 Å². The van der Waals surface area contributed by atoms with Crippen LogP contribution in [0.2, 0.25) is 0 Å². The number of amides is 1. The fourth-order valence-electron chi connectivity index (χ4n) is 5.95. The molecule has 0 saturated carbocycles. The van der Waals surface area contributed by atoms with Gasteiger partial charge in [-0.15, -0.1) is 11.3 Å². The number of rotatable bonds is 6. The molecule has 0 bridgehead atoms. The standard InChI is InChI=1S/C29H34N6O2S/c1-18-11-20-13-24(38-26(20)23(12-18)37-3)22-16-35(28-25(22)27(30)31-17-32-28)21-7-10-34(15-21)29(36)19(2)14-33-8-5-4-6-9-33/h11-13,16-17,21H,2,4-10,14-15H2,1,3H3,(H2,30,31,32)/t21-/m0/s1. The molecule has 198 valence electrons. The van der Waals surface area contributed by atoms with Crippen molar-refractivity contribution in [1.82, 2.24) is 24.3 Å². The number of nitrogens with zero attached hydrogens (tertiary/aromatic N) is 5. The van der Waals surface area contributed by atoms with Crippen LogP contribution in [-0.4, -0.2) is 70.1 Å². The van der Waals surface area contributed by atoms with Gasteiger partial charge in [0.2, 0.25) is 0 Å². The molecule has 0 unspecified atom stereocenters. The highest BCUT2D eigenvalue weighted by Crippen LogP contribution is 2.43. The highest BCUT2D eigenvalue weighted by molar-refractivity contribution is 7.22. The van der Waals surface area contributed by atoms with Crippen molar-refractivity contribution in [3.05, 3.63) is 48.4 Å². The molecule has 3 aromatic heterocycles. The fraction of sp³-hybridized carbons (Fsp3) is 0.414. The van der Waals surface area contributed by atoms with Crippen LogP contribution in [0, 0.1) is 6.92 Å². The first-order chi connectivity index (χ1) is 18.4. The van der Waals surface area contributed by atoms with Crippen molar-refractivity contribution in [2.24, 2.45) is 0 Å². The summed E-state index contributed by atoms with van der Waals surface area (Å²) in [7, 11) is 1.71. The molecular formula is C29H34N6O2S. The number of carbonyl (C=O) groups is 1. The number of likely N-dealkylation sites (tertiary alicyclic amines) is 2. The number of methoxy groups -OCH3 is 1. The molecule has 4 aromatic rings. The van der Waals surface area contributed by atoms with E-state index in [1.807, 2.05) is 4.90 Å². The van der Waals surface area contributed by atoms with Crippen molar-refractivity contribution in [3.8, 4) is 16.2 Å². The summed E-state index contributed by atoms with van der Waals surface area (Å²) >= 11 is 1.69. The van der Waals surface area contributed by atoms with Crippen LogP contribution in [0.1, 0.15) is 37.3 Å². The molecule has 2 N–H and O–H groups in total. The first-order valence-electron chi connectivity index (χ1n) is 13.3. The van der Waals surface area contributed by atoms with Crippen LogP contribution in [0.15, 0.2) is 42.9 Å². The van der Waals surface area contributed by atoms with E-state index in [0.29, 0.717) is 31.0 Å². The van der Waals surface area contributed by atoms with E-state index < -0.39 is 0 Å². The normalized spacial score (nSPS) is 18.5. The Labute approximate surface area is 226 Å². The van der Waals surface area contributed by atoms with Gasteiger partial charge < -0.3 is 19.9 Å². The zero-order valence-electron chi connectivity index (χ0n) is 22.1. The average molecular weight is 531 g/mol. The summed E-state index contributed by atoms with van der Waals surface area (Å²) in [5.41, 5.74) is 10.1. The minimum Gasteiger partial charge on any atom is -0.495 e. The lowest BCUT2D eigenvalue weighted by molar-refractivity contribution is -0.126. The van der Waals surface area contributed by atoms with E-state index >= 15 is 0 Å². The summed E-state index contributed by atoms with van der Waals surface area (Å²) in [6.45, 7) is 10.3. The predicted octanol–water partition coefficient (Wildman–Crippen LogP) is 5.03. The van der Waals surface area contributed by atoms with Crippen molar-refractivity contribution in [2.45, 2.75) is 38.6 Å². The van der Waals surface area contributed by atoms with Gasteiger partial charge in [-0.3, -0.25) is 9.69 Å². The molecule has 0 aliphatic carbocycles. The van der Waals surface area contributed by atoms with Crippen LogP contribution < -0.4 is 10.5 Å².